The second-order valence-corrected chi connectivity index (χ2v) is 6.43. The van der Waals surface area contributed by atoms with Crippen molar-refractivity contribution in [3.05, 3.63) is 23.0 Å². The van der Waals surface area contributed by atoms with E-state index in [2.05, 4.69) is 18.8 Å². The molecule has 1 heterocycles. The lowest BCUT2D eigenvalue weighted by Gasteiger charge is -2.30. The molecule has 20 heavy (non-hydrogen) atoms. The van der Waals surface area contributed by atoms with E-state index in [-0.39, 0.29) is 6.04 Å². The minimum absolute atomic E-state index is 0.223. The quantitative estimate of drug-likeness (QED) is 0.917. The highest BCUT2D eigenvalue weighted by Gasteiger charge is 2.25. The van der Waals surface area contributed by atoms with Crippen molar-refractivity contribution in [2.24, 2.45) is 17.6 Å². The van der Waals surface area contributed by atoms with Crippen LogP contribution in [0.4, 0.5) is 0 Å². The Balaban J connectivity index is 2.06. The zero-order chi connectivity index (χ0) is 14.7. The molecule has 1 aliphatic carbocycles. The van der Waals surface area contributed by atoms with Crippen molar-refractivity contribution in [2.75, 3.05) is 7.11 Å². The van der Waals surface area contributed by atoms with Crippen LogP contribution in [0.2, 0.25) is 0 Å². The summed E-state index contributed by atoms with van der Waals surface area (Å²) in [5.74, 6) is 2.48. The maximum absolute atomic E-state index is 6.44. The molecule has 3 heteroatoms. The van der Waals surface area contributed by atoms with Crippen molar-refractivity contribution in [1.82, 2.24) is 4.98 Å². The van der Waals surface area contributed by atoms with Crippen LogP contribution in [0.15, 0.2) is 6.20 Å². The van der Waals surface area contributed by atoms with E-state index >= 15 is 0 Å². The SMILES string of the molecule is COc1c(C)cnc(CC(N)C2CCC(C)CC2)c1C. The van der Waals surface area contributed by atoms with Crippen LogP contribution in [-0.4, -0.2) is 18.1 Å². The first-order chi connectivity index (χ1) is 9.52. The van der Waals surface area contributed by atoms with Crippen molar-refractivity contribution in [3.63, 3.8) is 0 Å². The summed E-state index contributed by atoms with van der Waals surface area (Å²) in [5, 5.41) is 0. The number of hydrogen-bond acceptors (Lipinski definition) is 3. The van der Waals surface area contributed by atoms with E-state index in [9.17, 15) is 0 Å². The van der Waals surface area contributed by atoms with Crippen molar-refractivity contribution >= 4 is 0 Å². The zero-order valence-corrected chi connectivity index (χ0v) is 13.3. The van der Waals surface area contributed by atoms with Gasteiger partial charge in [0.15, 0.2) is 0 Å². The zero-order valence-electron chi connectivity index (χ0n) is 13.3. The minimum Gasteiger partial charge on any atom is -0.496 e. The van der Waals surface area contributed by atoms with Gasteiger partial charge in [-0.15, -0.1) is 0 Å². The first-order valence-electron chi connectivity index (χ1n) is 7.77. The molecule has 2 N–H and O–H groups in total. The normalized spacial score (nSPS) is 24.4. The number of rotatable bonds is 4. The lowest BCUT2D eigenvalue weighted by atomic mass is 9.78. The third-order valence-corrected chi connectivity index (χ3v) is 4.84. The van der Waals surface area contributed by atoms with E-state index in [1.165, 1.54) is 25.7 Å². The van der Waals surface area contributed by atoms with Crippen LogP contribution in [0.5, 0.6) is 5.75 Å². The van der Waals surface area contributed by atoms with E-state index in [0.717, 1.165) is 34.9 Å². The van der Waals surface area contributed by atoms with Gasteiger partial charge in [-0.1, -0.05) is 19.8 Å². The average Bonchev–Trinajstić information content (AvgIpc) is 2.43. The molecule has 1 atom stereocenters. The van der Waals surface area contributed by atoms with Crippen LogP contribution in [0.1, 0.15) is 49.4 Å². The van der Waals surface area contributed by atoms with Gasteiger partial charge in [-0.25, -0.2) is 0 Å². The van der Waals surface area contributed by atoms with E-state index < -0.39 is 0 Å². The van der Waals surface area contributed by atoms with Crippen LogP contribution in [0.3, 0.4) is 0 Å². The third kappa shape index (κ3) is 3.32. The molecule has 1 unspecified atom stereocenters. The van der Waals surface area contributed by atoms with Gasteiger partial charge in [0.25, 0.3) is 0 Å². The summed E-state index contributed by atoms with van der Waals surface area (Å²) in [6.07, 6.45) is 7.94. The molecule has 0 amide bonds. The largest absolute Gasteiger partial charge is 0.496 e. The fourth-order valence-corrected chi connectivity index (χ4v) is 3.38. The molecular formula is C17H28N2O. The second kappa shape index (κ2) is 6.57. The molecule has 1 aliphatic rings. The summed E-state index contributed by atoms with van der Waals surface area (Å²) >= 11 is 0. The molecular weight excluding hydrogens is 248 g/mol. The molecule has 112 valence electrons. The number of pyridine rings is 1. The van der Waals surface area contributed by atoms with Crippen molar-refractivity contribution in [1.29, 1.82) is 0 Å². The molecule has 1 saturated carbocycles. The van der Waals surface area contributed by atoms with Gasteiger partial charge in [0.05, 0.1) is 7.11 Å². The van der Waals surface area contributed by atoms with E-state index in [4.69, 9.17) is 10.5 Å². The molecule has 1 aromatic heterocycles. The first kappa shape index (κ1) is 15.3. The third-order valence-electron chi connectivity index (χ3n) is 4.84. The van der Waals surface area contributed by atoms with Crippen molar-refractivity contribution in [3.8, 4) is 5.75 Å². The molecule has 3 nitrogen and oxygen atoms in total. The first-order valence-corrected chi connectivity index (χ1v) is 7.77. The van der Waals surface area contributed by atoms with Crippen LogP contribution < -0.4 is 10.5 Å². The van der Waals surface area contributed by atoms with Crippen LogP contribution in [0, 0.1) is 25.7 Å². The average molecular weight is 276 g/mol. The number of aryl methyl sites for hydroxylation is 1. The molecule has 0 aromatic carbocycles. The standard InChI is InChI=1S/C17H28N2O/c1-11-5-7-14(8-6-11)15(18)9-16-13(3)17(20-4)12(2)10-19-16/h10-11,14-15H,5-9,18H2,1-4H3. The summed E-state index contributed by atoms with van der Waals surface area (Å²) in [4.78, 5) is 4.58. The Morgan fingerprint density at radius 2 is 1.95 bits per heavy atom. The Labute approximate surface area is 122 Å². The maximum Gasteiger partial charge on any atom is 0.128 e. The Bertz CT molecular complexity index is 451. The van der Waals surface area contributed by atoms with E-state index in [1.54, 1.807) is 7.11 Å². The summed E-state index contributed by atoms with van der Waals surface area (Å²) in [6.45, 7) is 6.47. The molecule has 1 aromatic rings. The molecule has 0 bridgehead atoms. The fourth-order valence-electron chi connectivity index (χ4n) is 3.38. The Morgan fingerprint density at radius 3 is 2.55 bits per heavy atom. The predicted molar refractivity (Wildman–Crippen MR) is 83.1 cm³/mol. The summed E-state index contributed by atoms with van der Waals surface area (Å²) in [5.41, 5.74) is 9.78. The number of methoxy groups -OCH3 is 1. The number of aromatic nitrogens is 1. The highest BCUT2D eigenvalue weighted by molar-refractivity contribution is 5.41. The topological polar surface area (TPSA) is 48.1 Å². The van der Waals surface area contributed by atoms with Crippen molar-refractivity contribution < 1.29 is 4.74 Å². The van der Waals surface area contributed by atoms with Gasteiger partial charge in [0, 0.05) is 35.5 Å². The van der Waals surface area contributed by atoms with Gasteiger partial charge >= 0.3 is 0 Å². The van der Waals surface area contributed by atoms with Gasteiger partial charge in [0.2, 0.25) is 0 Å². The van der Waals surface area contributed by atoms with E-state index in [0.29, 0.717) is 5.92 Å². The number of nitrogens with zero attached hydrogens (tertiary/aromatic N) is 1. The van der Waals surface area contributed by atoms with Crippen LogP contribution >= 0.6 is 0 Å². The Kier molecular flexibility index (Phi) is 5.03. The van der Waals surface area contributed by atoms with Crippen molar-refractivity contribution in [2.45, 2.75) is 58.9 Å². The Morgan fingerprint density at radius 1 is 1.30 bits per heavy atom. The fraction of sp³-hybridized carbons (Fsp3) is 0.706. The summed E-state index contributed by atoms with van der Waals surface area (Å²) in [7, 11) is 1.72. The second-order valence-electron chi connectivity index (χ2n) is 6.43. The maximum atomic E-state index is 6.44. The van der Waals surface area contributed by atoms with Gasteiger partial charge in [0.1, 0.15) is 5.75 Å². The summed E-state index contributed by atoms with van der Waals surface area (Å²) < 4.78 is 5.48. The lowest BCUT2D eigenvalue weighted by molar-refractivity contribution is 0.252. The summed E-state index contributed by atoms with van der Waals surface area (Å²) in [6, 6.07) is 0.223. The number of hydrogen-bond donors (Lipinski definition) is 1. The number of ether oxygens (including phenoxy) is 1. The van der Waals surface area contributed by atoms with E-state index in [1.807, 2.05) is 13.1 Å². The number of nitrogens with two attached hydrogens (primary N) is 1. The molecule has 2 rings (SSSR count). The smallest absolute Gasteiger partial charge is 0.128 e. The molecule has 0 spiro atoms. The molecule has 0 saturated heterocycles. The van der Waals surface area contributed by atoms with Gasteiger partial charge < -0.3 is 10.5 Å². The molecule has 1 fully saturated rings. The van der Waals surface area contributed by atoms with Crippen LogP contribution in [0.25, 0.3) is 0 Å². The Hall–Kier alpha value is -1.09. The lowest BCUT2D eigenvalue weighted by Crippen LogP contribution is -2.35. The van der Waals surface area contributed by atoms with Gasteiger partial charge in [-0.05, 0) is 38.5 Å². The monoisotopic (exact) mass is 276 g/mol. The van der Waals surface area contributed by atoms with Crippen LogP contribution in [-0.2, 0) is 6.42 Å². The molecule has 0 radical (unpaired) electrons. The van der Waals surface area contributed by atoms with Gasteiger partial charge in [-0.3, -0.25) is 4.98 Å². The highest BCUT2D eigenvalue weighted by Crippen LogP contribution is 2.32. The predicted octanol–water partition coefficient (Wildman–Crippen LogP) is 3.40. The highest BCUT2D eigenvalue weighted by atomic mass is 16.5. The molecule has 0 aliphatic heterocycles. The van der Waals surface area contributed by atoms with Gasteiger partial charge in [-0.2, -0.15) is 0 Å². The minimum atomic E-state index is 0.223.